The molecule has 0 radical (unpaired) electrons. The molecule has 0 saturated heterocycles. The minimum absolute atomic E-state index is 1.66. The van der Waals surface area contributed by atoms with Gasteiger partial charge in [0, 0.05) is 0 Å². The molecule has 0 nitrogen and oxygen atoms in total. The van der Waals surface area contributed by atoms with Crippen LogP contribution in [0.4, 0.5) is 0 Å². The molecule has 0 rings (SSSR count). The van der Waals surface area contributed by atoms with Crippen LogP contribution in [0.5, 0.6) is 0 Å². The van der Waals surface area contributed by atoms with Crippen molar-refractivity contribution in [1.82, 2.24) is 0 Å². The zero-order valence-electron chi connectivity index (χ0n) is 4.16. The van der Waals surface area contributed by atoms with E-state index in [9.17, 15) is 0 Å². The van der Waals surface area contributed by atoms with Crippen LogP contribution in [0.25, 0.3) is 0 Å². The SMILES string of the molecule is C=[CH][Sn]([CH3])([CH3])[Br]. The summed E-state index contributed by atoms with van der Waals surface area (Å²) in [4.78, 5) is 4.50. The molecule has 0 atom stereocenters. The van der Waals surface area contributed by atoms with Gasteiger partial charge in [-0.3, -0.25) is 0 Å². The fourth-order valence-corrected chi connectivity index (χ4v) is 0. The van der Waals surface area contributed by atoms with Crippen molar-refractivity contribution < 1.29 is 0 Å². The van der Waals surface area contributed by atoms with Gasteiger partial charge < -0.3 is 0 Å². The van der Waals surface area contributed by atoms with Crippen LogP contribution in [-0.2, 0) is 0 Å². The molecule has 6 heavy (non-hydrogen) atoms. The third-order valence-electron chi connectivity index (χ3n) is 0.485. The van der Waals surface area contributed by atoms with Crippen molar-refractivity contribution in [2.45, 2.75) is 9.88 Å². The van der Waals surface area contributed by atoms with Crippen molar-refractivity contribution in [1.29, 1.82) is 0 Å². The Kier molecular flexibility index (Phi) is 2.76. The summed E-state index contributed by atoms with van der Waals surface area (Å²) in [7, 11) is 0. The number of halogens is 1. The van der Waals surface area contributed by atoms with Gasteiger partial charge in [-0.15, -0.1) is 0 Å². The Labute approximate surface area is 49.3 Å². The van der Waals surface area contributed by atoms with E-state index in [1.807, 2.05) is 0 Å². The van der Waals surface area contributed by atoms with Crippen LogP contribution in [0.3, 0.4) is 0 Å². The van der Waals surface area contributed by atoms with Crippen LogP contribution in [0.2, 0.25) is 9.88 Å². The summed E-state index contributed by atoms with van der Waals surface area (Å²) in [6, 6.07) is 0. The summed E-state index contributed by atoms with van der Waals surface area (Å²) in [5.41, 5.74) is 0. The van der Waals surface area contributed by atoms with E-state index in [-0.39, 0.29) is 0 Å². The van der Waals surface area contributed by atoms with Crippen LogP contribution < -0.4 is 0 Å². The molecule has 2 heteroatoms. The van der Waals surface area contributed by atoms with Gasteiger partial charge in [0.2, 0.25) is 0 Å². The van der Waals surface area contributed by atoms with Crippen molar-refractivity contribution in [3.63, 3.8) is 0 Å². The van der Waals surface area contributed by atoms with Crippen molar-refractivity contribution in [2.75, 3.05) is 0 Å². The van der Waals surface area contributed by atoms with Gasteiger partial charge in [0.05, 0.1) is 0 Å². The first-order chi connectivity index (χ1) is 2.56. The molecule has 0 aromatic carbocycles. The fourth-order valence-electron chi connectivity index (χ4n) is 0. The van der Waals surface area contributed by atoms with Crippen LogP contribution in [0.15, 0.2) is 10.7 Å². The zero-order valence-corrected chi connectivity index (χ0v) is 8.60. The van der Waals surface area contributed by atoms with Crippen molar-refractivity contribution >= 4 is 28.9 Å². The molecule has 0 saturated carbocycles. The number of rotatable bonds is 1. The van der Waals surface area contributed by atoms with E-state index in [1.165, 1.54) is 0 Å². The molecule has 36 valence electrons. The molecule has 0 unspecified atom stereocenters. The molecule has 0 aliphatic rings. The summed E-state index contributed by atoms with van der Waals surface area (Å²) in [6.07, 6.45) is 0. The normalized spacial score (nSPS) is 11.2. The third kappa shape index (κ3) is 5.02. The molecular formula is C4H9BrSn. The standard InChI is InChI=1S/C2H3.2CH3.BrH.Sn/c1-2;;;;/h1H,2H2;2*1H3;1H;/q;;;;+1/p-1. The third-order valence-corrected chi connectivity index (χ3v) is 5.43. The van der Waals surface area contributed by atoms with E-state index >= 15 is 0 Å². The molecule has 0 N–H and O–H groups in total. The average Bonchev–Trinajstić information content (AvgIpc) is 1.35. The number of hydrogen-bond acceptors (Lipinski definition) is 0. The first kappa shape index (κ1) is 7.02. The maximum absolute atomic E-state index is 3.68. The van der Waals surface area contributed by atoms with E-state index in [4.69, 9.17) is 0 Å². The predicted octanol–water partition coefficient (Wildman–Crippen LogP) is 2.31. The molecular weight excluding hydrogens is 247 g/mol. The van der Waals surface area contributed by atoms with Crippen LogP contribution in [0, 0.1) is 0 Å². The van der Waals surface area contributed by atoms with Crippen LogP contribution >= 0.6 is 12.7 Å². The Balaban J connectivity index is 3.45. The molecule has 0 aliphatic heterocycles. The molecule has 0 bridgehead atoms. The van der Waals surface area contributed by atoms with Gasteiger partial charge in [-0.05, 0) is 0 Å². The van der Waals surface area contributed by atoms with Gasteiger partial charge in [-0.25, -0.2) is 0 Å². The second-order valence-electron chi connectivity index (χ2n) is 1.77. The molecule has 0 amide bonds. The molecule has 0 aromatic rings. The van der Waals surface area contributed by atoms with Crippen LogP contribution in [0.1, 0.15) is 0 Å². The van der Waals surface area contributed by atoms with Gasteiger partial charge in [0.1, 0.15) is 0 Å². The Morgan fingerprint density at radius 1 is 1.67 bits per heavy atom. The predicted molar refractivity (Wildman–Crippen MR) is 36.6 cm³/mol. The van der Waals surface area contributed by atoms with E-state index in [2.05, 4.69) is 33.3 Å². The van der Waals surface area contributed by atoms with E-state index in [0.717, 1.165) is 0 Å². The maximum atomic E-state index is 3.68. The number of hydrogen-bond donors (Lipinski definition) is 0. The first-order valence-electron chi connectivity index (χ1n) is 1.89. The van der Waals surface area contributed by atoms with Gasteiger partial charge in [0.25, 0.3) is 0 Å². The Morgan fingerprint density at radius 3 is 1.83 bits per heavy atom. The van der Waals surface area contributed by atoms with Gasteiger partial charge >= 0.3 is 49.4 Å². The fraction of sp³-hybridized carbons (Fsp3) is 0.500. The summed E-state index contributed by atoms with van der Waals surface area (Å²) in [5.74, 6) is 0. The Hall–Kier alpha value is 1.02. The van der Waals surface area contributed by atoms with Crippen molar-refractivity contribution in [3.8, 4) is 0 Å². The summed E-state index contributed by atoms with van der Waals surface area (Å²) < 4.78 is 2.06. The molecule has 0 heterocycles. The van der Waals surface area contributed by atoms with Gasteiger partial charge in [-0.1, -0.05) is 0 Å². The quantitative estimate of drug-likeness (QED) is 0.631. The van der Waals surface area contributed by atoms with E-state index in [1.54, 1.807) is 0 Å². The monoisotopic (exact) mass is 256 g/mol. The Morgan fingerprint density at radius 2 is 1.83 bits per heavy atom. The van der Waals surface area contributed by atoms with Crippen LogP contribution in [-0.4, -0.2) is 16.2 Å². The first-order valence-corrected chi connectivity index (χ1v) is 15.6. The zero-order chi connectivity index (χ0) is 5.21. The minimum atomic E-state index is -1.66. The van der Waals surface area contributed by atoms with E-state index < -0.39 is 16.2 Å². The molecule has 0 spiro atoms. The molecule has 0 aliphatic carbocycles. The van der Waals surface area contributed by atoms with Gasteiger partial charge in [0.15, 0.2) is 0 Å². The average molecular weight is 256 g/mol. The topological polar surface area (TPSA) is 0 Å². The van der Waals surface area contributed by atoms with Crippen molar-refractivity contribution in [3.05, 3.63) is 10.7 Å². The summed E-state index contributed by atoms with van der Waals surface area (Å²) in [6.45, 7) is 3.68. The second-order valence-corrected chi connectivity index (χ2v) is 25.6. The summed E-state index contributed by atoms with van der Waals surface area (Å²) in [5, 5.41) is 0. The summed E-state index contributed by atoms with van der Waals surface area (Å²) >= 11 is 1.91. The van der Waals surface area contributed by atoms with Gasteiger partial charge in [-0.2, -0.15) is 0 Å². The van der Waals surface area contributed by atoms with Crippen molar-refractivity contribution in [2.24, 2.45) is 0 Å². The molecule has 0 aromatic heterocycles. The Bertz CT molecular complexity index is 53.1. The second kappa shape index (κ2) is 2.36. The molecule has 0 fully saturated rings. The van der Waals surface area contributed by atoms with E-state index in [0.29, 0.717) is 0 Å².